The second-order valence-corrected chi connectivity index (χ2v) is 13.5. The summed E-state index contributed by atoms with van der Waals surface area (Å²) in [5, 5.41) is 6.16. The van der Waals surface area contributed by atoms with Crippen molar-refractivity contribution in [2.24, 2.45) is 17.3 Å². The van der Waals surface area contributed by atoms with E-state index in [2.05, 4.69) is 43.5 Å². The highest BCUT2D eigenvalue weighted by molar-refractivity contribution is 6.48. The van der Waals surface area contributed by atoms with Crippen molar-refractivity contribution in [2.45, 2.75) is 103 Å². The maximum absolute atomic E-state index is 13.2. The first-order valence-corrected chi connectivity index (χ1v) is 14.3. The van der Waals surface area contributed by atoms with E-state index in [1.165, 1.54) is 6.42 Å². The van der Waals surface area contributed by atoms with Gasteiger partial charge in [0, 0.05) is 13.1 Å². The molecule has 6 atom stereocenters. The first-order valence-electron chi connectivity index (χ1n) is 14.3. The molecule has 6 rings (SSSR count). The fraction of sp³-hybridized carbons (Fsp3) is 0.724. The number of nitrogens with zero attached hydrogens (tertiary/aromatic N) is 1. The number of hydrogen-bond acceptors (Lipinski definition) is 5. The highest BCUT2D eigenvalue weighted by Gasteiger charge is 2.68. The molecule has 8 nitrogen and oxygen atoms in total. The van der Waals surface area contributed by atoms with E-state index in [0.29, 0.717) is 31.3 Å². The van der Waals surface area contributed by atoms with E-state index >= 15 is 0 Å². The number of ether oxygens (including phenoxy) is 1. The monoisotopic (exact) mass is 525 g/mol. The van der Waals surface area contributed by atoms with Crippen LogP contribution < -0.4 is 10.6 Å². The minimum atomic E-state index is -0.551. The van der Waals surface area contributed by atoms with Crippen LogP contribution in [0.2, 0.25) is 0 Å². The predicted molar refractivity (Wildman–Crippen MR) is 147 cm³/mol. The standard InChI is InChI=1S/C29H44BN3O5/c1-27(2,3)36-26(35)33-14-10-13-21(33)18-31-25(34)32-24(15-19-11-8-7-9-12-19)30-37-23-17-20-16-22(28(20,4)5)29(23,6)38-30/h7-9,11-12,20-24H,10,13-18H2,1-6H3,(H2,31,32,34)/t20-,21+,22-,23?,24-,29-/m0/s1. The summed E-state index contributed by atoms with van der Waals surface area (Å²) in [5.41, 5.74) is 0.476. The van der Waals surface area contributed by atoms with Gasteiger partial charge in [-0.25, -0.2) is 9.59 Å². The Morgan fingerprint density at radius 1 is 1.18 bits per heavy atom. The fourth-order valence-electron chi connectivity index (χ4n) is 7.19. The quantitative estimate of drug-likeness (QED) is 0.532. The zero-order valence-electron chi connectivity index (χ0n) is 23.8. The lowest BCUT2D eigenvalue weighted by atomic mass is 9.43. The van der Waals surface area contributed by atoms with E-state index in [9.17, 15) is 9.59 Å². The van der Waals surface area contributed by atoms with Crippen molar-refractivity contribution < 1.29 is 23.6 Å². The Kier molecular flexibility index (Phi) is 7.22. The van der Waals surface area contributed by atoms with Crippen LogP contribution in [0.15, 0.2) is 30.3 Å². The summed E-state index contributed by atoms with van der Waals surface area (Å²) >= 11 is 0. The number of benzene rings is 1. The number of carbonyl (C=O) groups excluding carboxylic acids is 2. The van der Waals surface area contributed by atoms with E-state index in [1.54, 1.807) is 4.90 Å². The van der Waals surface area contributed by atoms with Crippen molar-refractivity contribution >= 4 is 19.2 Å². The van der Waals surface area contributed by atoms with Gasteiger partial charge in [0.2, 0.25) is 0 Å². The molecule has 3 aliphatic carbocycles. The molecule has 5 aliphatic rings. The molecule has 0 spiro atoms. The fourth-order valence-corrected chi connectivity index (χ4v) is 7.19. The van der Waals surface area contributed by atoms with Gasteiger partial charge in [0.1, 0.15) is 5.60 Å². The Hall–Kier alpha value is -2.26. The molecule has 9 heteroatoms. The molecule has 2 aliphatic heterocycles. The molecule has 2 saturated heterocycles. The lowest BCUT2D eigenvalue weighted by Crippen LogP contribution is -2.65. The van der Waals surface area contributed by atoms with Crippen molar-refractivity contribution in [1.29, 1.82) is 0 Å². The minimum absolute atomic E-state index is 0.0493. The van der Waals surface area contributed by atoms with Crippen molar-refractivity contribution in [1.82, 2.24) is 15.5 Å². The van der Waals surface area contributed by atoms with Gasteiger partial charge in [-0.05, 0) is 82.6 Å². The number of urea groups is 1. The molecule has 1 aromatic rings. The first-order chi connectivity index (χ1) is 17.9. The SMILES string of the molecule is CC(C)(C)OC(=O)N1CCC[C@@H]1CNC(=O)N[C@@H](Cc1ccccc1)B1OC2C[C@@H]3C[C@@H](C3(C)C)[C@]2(C)O1. The number of nitrogens with one attached hydrogen (secondary N) is 2. The number of carbonyl (C=O) groups is 2. The Labute approximate surface area is 227 Å². The summed E-state index contributed by atoms with van der Waals surface area (Å²) in [4.78, 5) is 27.5. The van der Waals surface area contributed by atoms with Crippen LogP contribution in [-0.2, 0) is 20.5 Å². The molecule has 3 saturated carbocycles. The molecule has 2 heterocycles. The Morgan fingerprint density at radius 3 is 2.61 bits per heavy atom. The van der Waals surface area contributed by atoms with Crippen LogP contribution in [0.25, 0.3) is 0 Å². The first kappa shape index (κ1) is 27.3. The second-order valence-electron chi connectivity index (χ2n) is 13.5. The highest BCUT2D eigenvalue weighted by Crippen LogP contribution is 2.65. The van der Waals surface area contributed by atoms with Gasteiger partial charge in [-0.1, -0.05) is 44.2 Å². The van der Waals surface area contributed by atoms with E-state index in [0.717, 1.165) is 24.8 Å². The molecule has 3 amide bonds. The molecular weight excluding hydrogens is 481 g/mol. The average Bonchev–Trinajstić information content (AvgIpc) is 3.45. The van der Waals surface area contributed by atoms with Crippen molar-refractivity contribution in [2.75, 3.05) is 13.1 Å². The van der Waals surface area contributed by atoms with E-state index in [1.807, 2.05) is 39.0 Å². The van der Waals surface area contributed by atoms with Crippen LogP contribution in [0.1, 0.15) is 72.8 Å². The predicted octanol–water partition coefficient (Wildman–Crippen LogP) is 4.56. The molecule has 2 N–H and O–H groups in total. The van der Waals surface area contributed by atoms with Crippen LogP contribution in [0.3, 0.4) is 0 Å². The van der Waals surface area contributed by atoms with Gasteiger partial charge in [-0.15, -0.1) is 0 Å². The van der Waals surface area contributed by atoms with E-state index < -0.39 is 12.7 Å². The molecule has 1 aromatic carbocycles. The summed E-state index contributed by atoms with van der Waals surface area (Å²) in [5.74, 6) is 0.776. The summed E-state index contributed by atoms with van der Waals surface area (Å²) in [7, 11) is -0.518. The Balaban J connectivity index is 1.23. The third-order valence-electron chi connectivity index (χ3n) is 9.42. The summed E-state index contributed by atoms with van der Waals surface area (Å²) < 4.78 is 18.8. The zero-order valence-corrected chi connectivity index (χ0v) is 23.8. The van der Waals surface area contributed by atoms with Crippen molar-refractivity contribution in [3.8, 4) is 0 Å². The molecule has 5 fully saturated rings. The van der Waals surface area contributed by atoms with E-state index in [4.69, 9.17) is 14.0 Å². The van der Waals surface area contributed by atoms with Gasteiger partial charge >= 0.3 is 19.2 Å². The average molecular weight is 525 g/mol. The van der Waals surface area contributed by atoms with Crippen LogP contribution in [0, 0.1) is 17.3 Å². The van der Waals surface area contributed by atoms with Gasteiger partial charge in [-0.3, -0.25) is 0 Å². The molecule has 2 bridgehead atoms. The van der Waals surface area contributed by atoms with E-state index in [-0.39, 0.29) is 41.2 Å². The van der Waals surface area contributed by atoms with Gasteiger partial charge in [-0.2, -0.15) is 0 Å². The van der Waals surface area contributed by atoms with Crippen molar-refractivity contribution in [3.05, 3.63) is 35.9 Å². The maximum Gasteiger partial charge on any atom is 0.482 e. The van der Waals surface area contributed by atoms with Crippen LogP contribution in [0.4, 0.5) is 9.59 Å². The van der Waals surface area contributed by atoms with Gasteiger partial charge in [0.25, 0.3) is 0 Å². The smallest absolute Gasteiger partial charge is 0.444 e. The highest BCUT2D eigenvalue weighted by atomic mass is 16.7. The molecule has 208 valence electrons. The zero-order chi connectivity index (χ0) is 27.3. The molecular formula is C29H44BN3O5. The Bertz CT molecular complexity index is 1030. The minimum Gasteiger partial charge on any atom is -0.444 e. The van der Waals surface area contributed by atoms with Gasteiger partial charge < -0.3 is 29.6 Å². The lowest BCUT2D eigenvalue weighted by molar-refractivity contribution is -0.199. The third kappa shape index (κ3) is 5.28. The second kappa shape index (κ2) is 10.0. The van der Waals surface area contributed by atoms with Crippen LogP contribution in [0.5, 0.6) is 0 Å². The topological polar surface area (TPSA) is 89.1 Å². The number of rotatable bonds is 6. The molecule has 0 aromatic heterocycles. The normalized spacial score (nSPS) is 32.3. The van der Waals surface area contributed by atoms with Crippen molar-refractivity contribution in [3.63, 3.8) is 0 Å². The summed E-state index contributed by atoms with van der Waals surface area (Å²) in [6.45, 7) is 13.5. The molecule has 1 unspecified atom stereocenters. The largest absolute Gasteiger partial charge is 0.482 e. The number of hydrogen-bond donors (Lipinski definition) is 2. The van der Waals surface area contributed by atoms with Gasteiger partial charge in [0.15, 0.2) is 0 Å². The third-order valence-corrected chi connectivity index (χ3v) is 9.42. The number of amides is 3. The van der Waals surface area contributed by atoms with Crippen LogP contribution >= 0.6 is 0 Å². The summed E-state index contributed by atoms with van der Waals surface area (Å²) in [6, 6.07) is 9.77. The molecule has 38 heavy (non-hydrogen) atoms. The van der Waals surface area contributed by atoms with Crippen LogP contribution in [-0.4, -0.2) is 66.5 Å². The number of likely N-dealkylation sites (tertiary alicyclic amines) is 1. The Morgan fingerprint density at radius 2 is 1.92 bits per heavy atom. The summed E-state index contributed by atoms with van der Waals surface area (Å²) in [6.07, 6.45) is 4.24. The lowest BCUT2D eigenvalue weighted by Gasteiger charge is -2.64. The maximum atomic E-state index is 13.2. The van der Waals surface area contributed by atoms with Gasteiger partial charge in [0.05, 0.1) is 23.7 Å². The molecule has 0 radical (unpaired) electrons.